The molecule has 0 aliphatic carbocycles. The van der Waals surface area contributed by atoms with E-state index in [-0.39, 0.29) is 0 Å². The number of halogens is 1. The third-order valence-electron chi connectivity index (χ3n) is 1.55. The van der Waals surface area contributed by atoms with E-state index in [4.69, 9.17) is 11.6 Å². The first-order chi connectivity index (χ1) is 5.24. The summed E-state index contributed by atoms with van der Waals surface area (Å²) in [6, 6.07) is 0. The van der Waals surface area contributed by atoms with Crippen LogP contribution in [0, 0.1) is 5.92 Å². The first kappa shape index (κ1) is 8.60. The highest BCUT2D eigenvalue weighted by Crippen LogP contribution is 1.97. The number of nitrogens with zero attached hydrogens (tertiary/aromatic N) is 1. The molecule has 0 aliphatic heterocycles. The van der Waals surface area contributed by atoms with Crippen molar-refractivity contribution in [2.24, 2.45) is 5.92 Å². The van der Waals surface area contributed by atoms with E-state index in [9.17, 15) is 0 Å². The van der Waals surface area contributed by atoms with Gasteiger partial charge in [-0.3, -0.25) is 0 Å². The second kappa shape index (κ2) is 3.77. The van der Waals surface area contributed by atoms with Gasteiger partial charge >= 0.3 is 0 Å². The van der Waals surface area contributed by atoms with Crippen molar-refractivity contribution in [2.75, 3.05) is 0 Å². The van der Waals surface area contributed by atoms with Crippen LogP contribution in [-0.2, 0) is 12.4 Å². The quantitative estimate of drug-likeness (QED) is 0.531. The maximum Gasteiger partial charge on any atom is 0.241 e. The van der Waals surface area contributed by atoms with E-state index >= 15 is 0 Å². The van der Waals surface area contributed by atoms with Crippen molar-refractivity contribution in [3.05, 3.63) is 18.2 Å². The first-order valence-electron chi connectivity index (χ1n) is 3.85. The Balaban J connectivity index is 2.68. The number of nitrogens with one attached hydrogen (secondary N) is 1. The van der Waals surface area contributed by atoms with Crippen molar-refractivity contribution < 1.29 is 4.57 Å². The zero-order chi connectivity index (χ0) is 8.27. The topological polar surface area (TPSA) is 19.7 Å². The van der Waals surface area contributed by atoms with Gasteiger partial charge in [-0.15, -0.1) is 11.6 Å². The Bertz CT molecular complexity index is 218. The number of aromatic amines is 1. The van der Waals surface area contributed by atoms with E-state index in [0.29, 0.717) is 11.8 Å². The minimum Gasteiger partial charge on any atom is -0.250 e. The Morgan fingerprint density at radius 1 is 1.64 bits per heavy atom. The molecule has 1 aromatic heterocycles. The SMILES string of the molecule is CC(C)C[n+]1c[nH]cc1CCl. The minimum absolute atomic E-state index is 0.580. The molecule has 0 unspecified atom stereocenters. The fraction of sp³-hybridized carbons (Fsp3) is 0.625. The lowest BCUT2D eigenvalue weighted by Crippen LogP contribution is -2.37. The van der Waals surface area contributed by atoms with Gasteiger partial charge in [0.2, 0.25) is 6.33 Å². The fourth-order valence-electron chi connectivity index (χ4n) is 1.07. The molecular formula is C8H14ClN2+. The molecule has 1 heterocycles. The van der Waals surface area contributed by atoms with E-state index in [1.165, 1.54) is 0 Å². The minimum atomic E-state index is 0.580. The van der Waals surface area contributed by atoms with Crippen LogP contribution in [0.3, 0.4) is 0 Å². The van der Waals surface area contributed by atoms with Gasteiger partial charge in [-0.05, 0) is 5.92 Å². The smallest absolute Gasteiger partial charge is 0.241 e. The summed E-state index contributed by atoms with van der Waals surface area (Å²) in [5, 5.41) is 0. The molecule has 0 fully saturated rings. The van der Waals surface area contributed by atoms with Crippen LogP contribution in [0.4, 0.5) is 0 Å². The van der Waals surface area contributed by atoms with Gasteiger partial charge in [-0.2, -0.15) is 0 Å². The Morgan fingerprint density at radius 3 is 2.91 bits per heavy atom. The molecule has 1 N–H and O–H groups in total. The molecule has 0 radical (unpaired) electrons. The Hall–Kier alpha value is -0.500. The second-order valence-electron chi connectivity index (χ2n) is 3.11. The van der Waals surface area contributed by atoms with Gasteiger partial charge in [-0.25, -0.2) is 9.55 Å². The Kier molecular flexibility index (Phi) is 2.94. The first-order valence-corrected chi connectivity index (χ1v) is 4.38. The van der Waals surface area contributed by atoms with E-state index in [1.54, 1.807) is 0 Å². The molecule has 0 bridgehead atoms. The molecule has 0 saturated heterocycles. The van der Waals surface area contributed by atoms with Crippen molar-refractivity contribution in [1.29, 1.82) is 0 Å². The number of aromatic nitrogens is 2. The highest BCUT2D eigenvalue weighted by Gasteiger charge is 2.08. The zero-order valence-corrected chi connectivity index (χ0v) is 7.73. The second-order valence-corrected chi connectivity index (χ2v) is 3.38. The third-order valence-corrected chi connectivity index (χ3v) is 1.82. The van der Waals surface area contributed by atoms with Crippen molar-refractivity contribution in [3.8, 4) is 0 Å². The maximum atomic E-state index is 5.72. The molecule has 0 amide bonds. The molecule has 3 heteroatoms. The monoisotopic (exact) mass is 173 g/mol. The summed E-state index contributed by atoms with van der Waals surface area (Å²) in [4.78, 5) is 3.03. The molecule has 0 atom stereocenters. The Morgan fingerprint density at radius 2 is 2.36 bits per heavy atom. The van der Waals surface area contributed by atoms with Crippen molar-refractivity contribution in [2.45, 2.75) is 26.3 Å². The van der Waals surface area contributed by atoms with Crippen molar-refractivity contribution in [3.63, 3.8) is 0 Å². The molecule has 62 valence electrons. The zero-order valence-electron chi connectivity index (χ0n) is 6.97. The summed E-state index contributed by atoms with van der Waals surface area (Å²) >= 11 is 5.72. The van der Waals surface area contributed by atoms with E-state index in [1.807, 2.05) is 12.5 Å². The average molecular weight is 174 g/mol. The van der Waals surface area contributed by atoms with Crippen LogP contribution in [0.2, 0.25) is 0 Å². The number of alkyl halides is 1. The predicted octanol–water partition coefficient (Wildman–Crippen LogP) is 1.70. The highest BCUT2D eigenvalue weighted by molar-refractivity contribution is 6.16. The number of hydrogen-bond acceptors (Lipinski definition) is 0. The molecule has 0 spiro atoms. The van der Waals surface area contributed by atoms with Gasteiger partial charge in [0.15, 0.2) is 5.69 Å². The van der Waals surface area contributed by atoms with E-state index in [0.717, 1.165) is 12.2 Å². The third kappa shape index (κ3) is 2.22. The molecule has 0 aliphatic rings. The van der Waals surface area contributed by atoms with Gasteiger partial charge in [0.1, 0.15) is 6.20 Å². The summed E-state index contributed by atoms with van der Waals surface area (Å²) in [5.41, 5.74) is 1.15. The summed E-state index contributed by atoms with van der Waals surface area (Å²) in [5.74, 6) is 1.24. The Labute approximate surface area is 72.2 Å². The van der Waals surface area contributed by atoms with Crippen molar-refractivity contribution in [1.82, 2.24) is 4.98 Å². The number of hydrogen-bond donors (Lipinski definition) is 1. The lowest BCUT2D eigenvalue weighted by molar-refractivity contribution is -0.707. The fourth-order valence-corrected chi connectivity index (χ4v) is 1.30. The van der Waals surface area contributed by atoms with Gasteiger partial charge in [0, 0.05) is 0 Å². The number of rotatable bonds is 3. The normalized spacial score (nSPS) is 10.9. The van der Waals surface area contributed by atoms with Crippen LogP contribution >= 0.6 is 11.6 Å². The summed E-state index contributed by atoms with van der Waals surface area (Å²) < 4.78 is 2.15. The molecule has 1 rings (SSSR count). The summed E-state index contributed by atoms with van der Waals surface area (Å²) in [6.07, 6.45) is 3.90. The molecule has 0 aromatic carbocycles. The van der Waals surface area contributed by atoms with Crippen LogP contribution in [0.1, 0.15) is 19.5 Å². The van der Waals surface area contributed by atoms with E-state index in [2.05, 4.69) is 23.4 Å². The molecule has 2 nitrogen and oxygen atoms in total. The van der Waals surface area contributed by atoms with Crippen LogP contribution in [0.25, 0.3) is 0 Å². The molecule has 1 aromatic rings. The molecule has 0 saturated carbocycles. The highest BCUT2D eigenvalue weighted by atomic mass is 35.5. The standard InChI is InChI=1S/C8H13ClN2/c1-7(2)5-11-6-10-4-8(11)3-9/h4,6-7H,3,5H2,1-2H3/p+1. The van der Waals surface area contributed by atoms with Gasteiger partial charge in [0.05, 0.1) is 12.4 Å². The lowest BCUT2D eigenvalue weighted by Gasteiger charge is -2.01. The van der Waals surface area contributed by atoms with Gasteiger partial charge in [0.25, 0.3) is 0 Å². The van der Waals surface area contributed by atoms with E-state index < -0.39 is 0 Å². The van der Waals surface area contributed by atoms with Crippen LogP contribution in [0.5, 0.6) is 0 Å². The largest absolute Gasteiger partial charge is 0.250 e. The predicted molar refractivity (Wildman–Crippen MR) is 45.4 cm³/mol. The van der Waals surface area contributed by atoms with Crippen molar-refractivity contribution >= 4 is 11.6 Å². The number of imidazole rings is 1. The van der Waals surface area contributed by atoms with Crippen LogP contribution < -0.4 is 4.57 Å². The molecular weight excluding hydrogens is 160 g/mol. The van der Waals surface area contributed by atoms with Crippen LogP contribution in [-0.4, -0.2) is 4.98 Å². The molecule has 11 heavy (non-hydrogen) atoms. The van der Waals surface area contributed by atoms with Crippen LogP contribution in [0.15, 0.2) is 12.5 Å². The lowest BCUT2D eigenvalue weighted by atomic mass is 10.2. The average Bonchev–Trinajstić information content (AvgIpc) is 2.34. The van der Waals surface area contributed by atoms with Gasteiger partial charge < -0.3 is 0 Å². The summed E-state index contributed by atoms with van der Waals surface area (Å²) in [6.45, 7) is 5.42. The maximum absolute atomic E-state index is 5.72. The van der Waals surface area contributed by atoms with Gasteiger partial charge in [-0.1, -0.05) is 13.8 Å². The summed E-state index contributed by atoms with van der Waals surface area (Å²) in [7, 11) is 0. The number of H-pyrrole nitrogens is 1.